The first-order valence-electron chi connectivity index (χ1n) is 4.59. The van der Waals surface area contributed by atoms with Gasteiger partial charge in [-0.15, -0.1) is 11.6 Å². The third-order valence-electron chi connectivity index (χ3n) is 1.72. The normalized spacial score (nSPS) is 10.1. The lowest BCUT2D eigenvalue weighted by Gasteiger charge is -2.20. The van der Waals surface area contributed by atoms with Gasteiger partial charge >= 0.3 is 0 Å². The first-order chi connectivity index (χ1) is 6.26. The molecule has 0 unspecified atom stereocenters. The summed E-state index contributed by atoms with van der Waals surface area (Å²) in [7, 11) is 0. The summed E-state index contributed by atoms with van der Waals surface area (Å²) in [5, 5.41) is 0. The number of rotatable bonds is 7. The SMILES string of the molecule is CCCN(CCCl)C(=O)CCSC. The first-order valence-corrected chi connectivity index (χ1v) is 6.51. The Morgan fingerprint density at radius 3 is 2.62 bits per heavy atom. The quantitative estimate of drug-likeness (QED) is 0.617. The molecule has 13 heavy (non-hydrogen) atoms. The molecule has 0 rings (SSSR count). The first kappa shape index (κ1) is 13.1. The lowest BCUT2D eigenvalue weighted by Crippen LogP contribution is -2.33. The average Bonchev–Trinajstić information content (AvgIpc) is 2.14. The van der Waals surface area contributed by atoms with Crippen molar-refractivity contribution in [2.45, 2.75) is 19.8 Å². The number of thioether (sulfide) groups is 1. The minimum atomic E-state index is 0.233. The smallest absolute Gasteiger partial charge is 0.223 e. The van der Waals surface area contributed by atoms with Crippen LogP contribution < -0.4 is 0 Å². The Balaban J connectivity index is 3.80. The minimum absolute atomic E-state index is 0.233. The highest BCUT2D eigenvalue weighted by atomic mass is 35.5. The average molecular weight is 224 g/mol. The predicted octanol–water partition coefficient (Wildman–Crippen LogP) is 2.22. The highest BCUT2D eigenvalue weighted by Crippen LogP contribution is 2.02. The van der Waals surface area contributed by atoms with Crippen molar-refractivity contribution in [3.63, 3.8) is 0 Å². The molecule has 0 N–H and O–H groups in total. The fourth-order valence-electron chi connectivity index (χ4n) is 1.08. The summed E-state index contributed by atoms with van der Waals surface area (Å²) in [6, 6.07) is 0. The Labute approximate surface area is 90.0 Å². The summed E-state index contributed by atoms with van der Waals surface area (Å²) in [5.74, 6) is 1.67. The molecule has 0 saturated carbocycles. The van der Waals surface area contributed by atoms with Crippen molar-refractivity contribution in [1.29, 1.82) is 0 Å². The Morgan fingerprint density at radius 2 is 2.15 bits per heavy atom. The summed E-state index contributed by atoms with van der Waals surface area (Å²) in [4.78, 5) is 13.4. The molecule has 0 radical (unpaired) electrons. The van der Waals surface area contributed by atoms with Crippen LogP contribution in [0.3, 0.4) is 0 Å². The zero-order valence-electron chi connectivity index (χ0n) is 8.38. The van der Waals surface area contributed by atoms with Crippen LogP contribution in [0.4, 0.5) is 0 Å². The van der Waals surface area contributed by atoms with Crippen LogP contribution in [-0.4, -0.2) is 41.8 Å². The molecule has 0 aliphatic carbocycles. The molecular weight excluding hydrogens is 206 g/mol. The van der Waals surface area contributed by atoms with E-state index in [9.17, 15) is 4.79 Å². The molecule has 0 saturated heterocycles. The number of nitrogens with zero attached hydrogens (tertiary/aromatic N) is 1. The molecule has 0 aromatic rings. The molecule has 0 fully saturated rings. The van der Waals surface area contributed by atoms with Gasteiger partial charge in [0.15, 0.2) is 0 Å². The molecule has 0 spiro atoms. The molecule has 0 aromatic carbocycles. The maximum Gasteiger partial charge on any atom is 0.223 e. The summed E-state index contributed by atoms with van der Waals surface area (Å²) in [5.41, 5.74) is 0. The summed E-state index contributed by atoms with van der Waals surface area (Å²) in [6.45, 7) is 3.59. The zero-order valence-corrected chi connectivity index (χ0v) is 9.96. The molecule has 0 aromatic heterocycles. The van der Waals surface area contributed by atoms with E-state index in [1.165, 1.54) is 0 Å². The van der Waals surface area contributed by atoms with Gasteiger partial charge in [0.05, 0.1) is 0 Å². The molecule has 0 heterocycles. The Kier molecular flexibility index (Phi) is 8.77. The van der Waals surface area contributed by atoms with Gasteiger partial charge in [-0.1, -0.05) is 6.92 Å². The van der Waals surface area contributed by atoms with Gasteiger partial charge in [0.2, 0.25) is 5.91 Å². The molecule has 4 heteroatoms. The Hall–Kier alpha value is 0.110. The molecule has 2 nitrogen and oxygen atoms in total. The number of hydrogen-bond acceptors (Lipinski definition) is 2. The molecule has 78 valence electrons. The Bertz CT molecular complexity index is 138. The van der Waals surface area contributed by atoms with Gasteiger partial charge in [0, 0.05) is 31.1 Å². The van der Waals surface area contributed by atoms with E-state index in [2.05, 4.69) is 6.92 Å². The maximum absolute atomic E-state index is 11.5. The van der Waals surface area contributed by atoms with Gasteiger partial charge < -0.3 is 4.90 Å². The van der Waals surface area contributed by atoms with E-state index in [0.29, 0.717) is 18.8 Å². The topological polar surface area (TPSA) is 20.3 Å². The standard InChI is InChI=1S/C9H18ClNOS/c1-3-6-11(7-5-10)9(12)4-8-13-2/h3-8H2,1-2H3. The molecule has 0 aliphatic rings. The van der Waals surface area contributed by atoms with E-state index < -0.39 is 0 Å². The third kappa shape index (κ3) is 6.22. The van der Waals surface area contributed by atoms with Gasteiger partial charge in [-0.25, -0.2) is 0 Å². The van der Waals surface area contributed by atoms with E-state index in [1.54, 1.807) is 11.8 Å². The van der Waals surface area contributed by atoms with Crippen LogP contribution >= 0.6 is 23.4 Å². The number of halogens is 1. The van der Waals surface area contributed by atoms with Crippen molar-refractivity contribution in [3.8, 4) is 0 Å². The highest BCUT2D eigenvalue weighted by molar-refractivity contribution is 7.98. The lowest BCUT2D eigenvalue weighted by molar-refractivity contribution is -0.130. The minimum Gasteiger partial charge on any atom is -0.341 e. The van der Waals surface area contributed by atoms with E-state index in [0.717, 1.165) is 18.7 Å². The predicted molar refractivity (Wildman–Crippen MR) is 60.6 cm³/mol. The molecule has 0 atom stereocenters. The fraction of sp³-hybridized carbons (Fsp3) is 0.889. The van der Waals surface area contributed by atoms with Crippen LogP contribution in [0.1, 0.15) is 19.8 Å². The van der Waals surface area contributed by atoms with Crippen LogP contribution in [0.2, 0.25) is 0 Å². The van der Waals surface area contributed by atoms with E-state index in [1.807, 2.05) is 11.2 Å². The monoisotopic (exact) mass is 223 g/mol. The second-order valence-corrected chi connectivity index (χ2v) is 4.18. The Morgan fingerprint density at radius 1 is 1.46 bits per heavy atom. The van der Waals surface area contributed by atoms with Crippen molar-refractivity contribution in [1.82, 2.24) is 4.90 Å². The maximum atomic E-state index is 11.5. The number of alkyl halides is 1. The van der Waals surface area contributed by atoms with E-state index in [4.69, 9.17) is 11.6 Å². The second kappa shape index (κ2) is 8.70. The number of amides is 1. The molecular formula is C9H18ClNOS. The van der Waals surface area contributed by atoms with Gasteiger partial charge in [-0.2, -0.15) is 11.8 Å². The van der Waals surface area contributed by atoms with Crippen LogP contribution in [0.5, 0.6) is 0 Å². The molecule has 0 aliphatic heterocycles. The summed E-state index contributed by atoms with van der Waals surface area (Å²) in [6.07, 6.45) is 3.65. The summed E-state index contributed by atoms with van der Waals surface area (Å²) < 4.78 is 0. The van der Waals surface area contributed by atoms with E-state index >= 15 is 0 Å². The van der Waals surface area contributed by atoms with Crippen LogP contribution in [-0.2, 0) is 4.79 Å². The number of hydrogen-bond donors (Lipinski definition) is 0. The zero-order chi connectivity index (χ0) is 10.1. The summed E-state index contributed by atoms with van der Waals surface area (Å²) >= 11 is 7.31. The molecule has 1 amide bonds. The van der Waals surface area contributed by atoms with Gasteiger partial charge in [0.1, 0.15) is 0 Å². The van der Waals surface area contributed by atoms with Crippen molar-refractivity contribution >= 4 is 29.3 Å². The molecule has 0 bridgehead atoms. The second-order valence-electron chi connectivity index (χ2n) is 2.81. The largest absolute Gasteiger partial charge is 0.341 e. The van der Waals surface area contributed by atoms with Crippen LogP contribution in [0, 0.1) is 0 Å². The highest BCUT2D eigenvalue weighted by Gasteiger charge is 2.10. The van der Waals surface area contributed by atoms with Crippen molar-refractivity contribution in [3.05, 3.63) is 0 Å². The number of carbonyl (C=O) groups excluding carboxylic acids is 1. The lowest BCUT2D eigenvalue weighted by atomic mass is 10.3. The van der Waals surface area contributed by atoms with Crippen molar-refractivity contribution < 1.29 is 4.79 Å². The van der Waals surface area contributed by atoms with Crippen molar-refractivity contribution in [2.24, 2.45) is 0 Å². The van der Waals surface area contributed by atoms with E-state index in [-0.39, 0.29) is 5.91 Å². The van der Waals surface area contributed by atoms with Gasteiger partial charge in [-0.3, -0.25) is 4.79 Å². The third-order valence-corrected chi connectivity index (χ3v) is 2.50. The van der Waals surface area contributed by atoms with Crippen molar-refractivity contribution in [2.75, 3.05) is 31.0 Å². The van der Waals surface area contributed by atoms with Gasteiger partial charge in [0.25, 0.3) is 0 Å². The van der Waals surface area contributed by atoms with Crippen LogP contribution in [0.15, 0.2) is 0 Å². The van der Waals surface area contributed by atoms with Crippen LogP contribution in [0.25, 0.3) is 0 Å². The fourth-order valence-corrected chi connectivity index (χ4v) is 1.66. The van der Waals surface area contributed by atoms with Gasteiger partial charge in [-0.05, 0) is 12.7 Å². The number of carbonyl (C=O) groups is 1.